The molecule has 1 aromatic heterocycles. The molecule has 0 bridgehead atoms. The lowest BCUT2D eigenvalue weighted by atomic mass is 9.94. The molecule has 5 N–H and O–H groups in total. The number of nitrogens with one attached hydrogen (secondary N) is 1. The van der Waals surface area contributed by atoms with Crippen molar-refractivity contribution in [3.05, 3.63) is 46.2 Å². The van der Waals surface area contributed by atoms with E-state index >= 15 is 0 Å². The van der Waals surface area contributed by atoms with Crippen molar-refractivity contribution in [1.82, 2.24) is 14.6 Å². The SMILES string of the molecule is NC(=O)c1nsc(C(=O)N(CC2CCCO2)C(C(=O)NC2CCCCC2)c2ccc(F)cc2)c1N. The van der Waals surface area contributed by atoms with Gasteiger partial charge >= 0.3 is 0 Å². The van der Waals surface area contributed by atoms with Crippen molar-refractivity contribution in [1.29, 1.82) is 0 Å². The van der Waals surface area contributed by atoms with E-state index in [1.807, 2.05) is 0 Å². The van der Waals surface area contributed by atoms with Gasteiger partial charge in [-0.1, -0.05) is 31.4 Å². The van der Waals surface area contributed by atoms with Crippen LogP contribution in [0.15, 0.2) is 24.3 Å². The summed E-state index contributed by atoms with van der Waals surface area (Å²) in [6.07, 6.45) is 6.22. The first kappa shape index (κ1) is 25.1. The number of ether oxygens (including phenoxy) is 1. The van der Waals surface area contributed by atoms with Crippen LogP contribution in [0.25, 0.3) is 0 Å². The van der Waals surface area contributed by atoms with Gasteiger partial charge in [0.1, 0.15) is 16.7 Å². The monoisotopic (exact) mass is 503 g/mol. The predicted octanol–water partition coefficient (Wildman–Crippen LogP) is 2.77. The summed E-state index contributed by atoms with van der Waals surface area (Å²) in [5.41, 5.74) is 11.6. The molecule has 11 heteroatoms. The van der Waals surface area contributed by atoms with Crippen molar-refractivity contribution >= 4 is 34.9 Å². The van der Waals surface area contributed by atoms with Crippen molar-refractivity contribution in [3.8, 4) is 0 Å². The van der Waals surface area contributed by atoms with E-state index in [-0.39, 0.29) is 40.9 Å². The standard InChI is InChI=1S/C24H30FN5O4S/c25-15-10-8-14(9-11-15)20(23(32)28-16-5-2-1-3-6-16)30(13-17-7-4-12-34-17)24(33)21-18(26)19(22(27)31)29-35-21/h8-11,16-17,20H,1-7,12-13,26H2,(H2,27,31)(H,28,32). The normalized spacial score (nSPS) is 19.3. The van der Waals surface area contributed by atoms with Gasteiger partial charge in [0, 0.05) is 19.2 Å². The molecular formula is C24H30FN5O4S. The molecule has 2 unspecified atom stereocenters. The van der Waals surface area contributed by atoms with Crippen LogP contribution in [-0.2, 0) is 9.53 Å². The van der Waals surface area contributed by atoms with Crippen molar-refractivity contribution in [2.24, 2.45) is 5.73 Å². The predicted molar refractivity (Wildman–Crippen MR) is 129 cm³/mol. The van der Waals surface area contributed by atoms with Crippen LogP contribution < -0.4 is 16.8 Å². The fourth-order valence-corrected chi connectivity index (χ4v) is 5.48. The maximum Gasteiger partial charge on any atom is 0.270 e. The highest BCUT2D eigenvalue weighted by Crippen LogP contribution is 2.31. The zero-order valence-electron chi connectivity index (χ0n) is 19.4. The molecule has 9 nitrogen and oxygen atoms in total. The third kappa shape index (κ3) is 5.79. The summed E-state index contributed by atoms with van der Waals surface area (Å²) < 4.78 is 23.5. The van der Waals surface area contributed by atoms with Crippen molar-refractivity contribution in [2.45, 2.75) is 63.1 Å². The lowest BCUT2D eigenvalue weighted by Crippen LogP contribution is -2.49. The number of rotatable bonds is 8. The molecule has 188 valence electrons. The van der Waals surface area contributed by atoms with Crippen LogP contribution in [0.4, 0.5) is 10.1 Å². The van der Waals surface area contributed by atoms with Gasteiger partial charge in [0.2, 0.25) is 5.91 Å². The van der Waals surface area contributed by atoms with Gasteiger partial charge in [-0.05, 0) is 54.9 Å². The lowest BCUT2D eigenvalue weighted by Gasteiger charge is -2.34. The van der Waals surface area contributed by atoms with Crippen LogP contribution in [0, 0.1) is 5.82 Å². The molecule has 2 fully saturated rings. The van der Waals surface area contributed by atoms with E-state index in [9.17, 15) is 18.8 Å². The number of amides is 3. The summed E-state index contributed by atoms with van der Waals surface area (Å²) in [6, 6.07) is 4.48. The molecule has 2 heterocycles. The Kier molecular flexibility index (Phi) is 7.97. The highest BCUT2D eigenvalue weighted by atomic mass is 32.1. The average molecular weight is 504 g/mol. The number of hydrogen-bond acceptors (Lipinski definition) is 7. The van der Waals surface area contributed by atoms with Crippen LogP contribution >= 0.6 is 11.5 Å². The van der Waals surface area contributed by atoms with E-state index in [1.54, 1.807) is 0 Å². The van der Waals surface area contributed by atoms with E-state index < -0.39 is 23.7 Å². The minimum atomic E-state index is -1.05. The number of nitrogen functional groups attached to an aromatic ring is 1. The Bertz CT molecular complexity index is 1060. The largest absolute Gasteiger partial charge is 0.395 e. The van der Waals surface area contributed by atoms with Gasteiger partial charge in [-0.3, -0.25) is 14.4 Å². The number of anilines is 1. The number of carbonyl (C=O) groups excluding carboxylic acids is 3. The molecule has 2 aromatic rings. The van der Waals surface area contributed by atoms with E-state index in [1.165, 1.54) is 29.2 Å². The number of hydrogen-bond donors (Lipinski definition) is 3. The number of aromatic nitrogens is 1. The molecule has 0 radical (unpaired) electrons. The second kappa shape index (κ2) is 11.1. The van der Waals surface area contributed by atoms with Crippen LogP contribution in [-0.4, -0.2) is 52.3 Å². The molecule has 1 aromatic carbocycles. The molecular weight excluding hydrogens is 473 g/mol. The Morgan fingerprint density at radius 2 is 1.86 bits per heavy atom. The molecule has 1 saturated heterocycles. The minimum Gasteiger partial charge on any atom is -0.395 e. The maximum absolute atomic E-state index is 13.8. The second-order valence-electron chi connectivity index (χ2n) is 9.03. The third-order valence-corrected chi connectivity index (χ3v) is 7.39. The van der Waals surface area contributed by atoms with Crippen molar-refractivity contribution < 1.29 is 23.5 Å². The summed E-state index contributed by atoms with van der Waals surface area (Å²) >= 11 is 0.762. The van der Waals surface area contributed by atoms with Crippen LogP contribution in [0.3, 0.4) is 0 Å². The smallest absolute Gasteiger partial charge is 0.270 e. The molecule has 1 saturated carbocycles. The quantitative estimate of drug-likeness (QED) is 0.506. The first-order chi connectivity index (χ1) is 16.8. The summed E-state index contributed by atoms with van der Waals surface area (Å²) in [5, 5.41) is 3.10. The fourth-order valence-electron chi connectivity index (χ4n) is 4.72. The summed E-state index contributed by atoms with van der Waals surface area (Å²) in [5.74, 6) is -2.20. The van der Waals surface area contributed by atoms with Gasteiger partial charge in [-0.2, -0.15) is 4.37 Å². The zero-order valence-corrected chi connectivity index (χ0v) is 20.2. The maximum atomic E-state index is 13.8. The molecule has 1 aliphatic heterocycles. The Morgan fingerprint density at radius 3 is 2.46 bits per heavy atom. The number of primary amides is 1. The van der Waals surface area contributed by atoms with Gasteiger partial charge in [0.05, 0.1) is 11.8 Å². The number of halogens is 1. The number of benzene rings is 1. The summed E-state index contributed by atoms with van der Waals surface area (Å²) in [4.78, 5) is 40.6. The fraction of sp³-hybridized carbons (Fsp3) is 0.500. The van der Waals surface area contributed by atoms with Crippen LogP contribution in [0.5, 0.6) is 0 Å². The minimum absolute atomic E-state index is 0.00817. The van der Waals surface area contributed by atoms with Gasteiger partial charge in [-0.15, -0.1) is 0 Å². The zero-order chi connectivity index (χ0) is 24.9. The average Bonchev–Trinajstić information content (AvgIpc) is 3.49. The Hall–Kier alpha value is -3.05. The molecule has 1 aliphatic carbocycles. The third-order valence-electron chi connectivity index (χ3n) is 6.54. The molecule has 0 spiro atoms. The van der Waals surface area contributed by atoms with Crippen LogP contribution in [0.2, 0.25) is 0 Å². The van der Waals surface area contributed by atoms with E-state index in [2.05, 4.69) is 9.69 Å². The van der Waals surface area contributed by atoms with Gasteiger partial charge in [-0.25, -0.2) is 4.39 Å². The molecule has 2 aliphatic rings. The Morgan fingerprint density at radius 1 is 1.14 bits per heavy atom. The first-order valence-corrected chi connectivity index (χ1v) is 12.7. The highest BCUT2D eigenvalue weighted by molar-refractivity contribution is 7.09. The van der Waals surface area contributed by atoms with Gasteiger partial charge < -0.3 is 26.4 Å². The molecule has 4 rings (SSSR count). The molecule has 35 heavy (non-hydrogen) atoms. The van der Waals surface area contributed by atoms with Gasteiger partial charge in [0.25, 0.3) is 11.8 Å². The van der Waals surface area contributed by atoms with E-state index in [0.717, 1.165) is 56.5 Å². The molecule has 2 atom stereocenters. The Labute approximate surface area is 207 Å². The summed E-state index contributed by atoms with van der Waals surface area (Å²) in [6.45, 7) is 0.693. The van der Waals surface area contributed by atoms with E-state index in [4.69, 9.17) is 16.2 Å². The Balaban J connectivity index is 1.72. The first-order valence-electron chi connectivity index (χ1n) is 11.9. The van der Waals surface area contributed by atoms with Crippen LogP contribution in [0.1, 0.15) is 76.7 Å². The lowest BCUT2D eigenvalue weighted by molar-refractivity contribution is -0.127. The molecule has 3 amide bonds. The van der Waals surface area contributed by atoms with Crippen molar-refractivity contribution in [2.75, 3.05) is 18.9 Å². The summed E-state index contributed by atoms with van der Waals surface area (Å²) in [7, 11) is 0. The van der Waals surface area contributed by atoms with E-state index in [0.29, 0.717) is 12.2 Å². The number of nitrogens with zero attached hydrogens (tertiary/aromatic N) is 2. The topological polar surface area (TPSA) is 141 Å². The highest BCUT2D eigenvalue weighted by Gasteiger charge is 2.37. The van der Waals surface area contributed by atoms with Crippen molar-refractivity contribution in [3.63, 3.8) is 0 Å². The number of nitrogens with two attached hydrogens (primary N) is 2. The number of carbonyl (C=O) groups is 3. The van der Waals surface area contributed by atoms with Gasteiger partial charge in [0.15, 0.2) is 5.69 Å². The second-order valence-corrected chi connectivity index (χ2v) is 9.80.